The SMILES string of the molecule is COC(=O)[C@]1(N)CN2CC[C@H]1C2. The summed E-state index contributed by atoms with van der Waals surface area (Å²) in [5.74, 6) is 0.0552. The van der Waals surface area contributed by atoms with E-state index in [9.17, 15) is 4.79 Å². The third kappa shape index (κ3) is 0.881. The van der Waals surface area contributed by atoms with Gasteiger partial charge < -0.3 is 15.4 Å². The monoisotopic (exact) mass is 170 g/mol. The molecule has 12 heavy (non-hydrogen) atoms. The number of hydrogen-bond donors (Lipinski definition) is 1. The molecule has 4 nitrogen and oxygen atoms in total. The van der Waals surface area contributed by atoms with Gasteiger partial charge in [-0.15, -0.1) is 0 Å². The lowest BCUT2D eigenvalue weighted by Gasteiger charge is -2.30. The molecule has 0 saturated carbocycles. The van der Waals surface area contributed by atoms with Crippen molar-refractivity contribution in [2.24, 2.45) is 11.7 Å². The summed E-state index contributed by atoms with van der Waals surface area (Å²) in [6.07, 6.45) is 1.03. The van der Waals surface area contributed by atoms with Crippen LogP contribution in [0.2, 0.25) is 0 Å². The van der Waals surface area contributed by atoms with Gasteiger partial charge in [-0.05, 0) is 13.0 Å². The number of carbonyl (C=O) groups is 1. The fourth-order valence-electron chi connectivity index (χ4n) is 2.32. The van der Waals surface area contributed by atoms with Gasteiger partial charge in [0, 0.05) is 19.0 Å². The minimum absolute atomic E-state index is 0.255. The molecule has 68 valence electrons. The molecule has 1 unspecified atom stereocenters. The van der Waals surface area contributed by atoms with Gasteiger partial charge in [-0.2, -0.15) is 0 Å². The minimum Gasteiger partial charge on any atom is -0.468 e. The first-order valence-corrected chi connectivity index (χ1v) is 4.26. The van der Waals surface area contributed by atoms with E-state index < -0.39 is 5.54 Å². The van der Waals surface area contributed by atoms with Crippen molar-refractivity contribution in [3.63, 3.8) is 0 Å². The van der Waals surface area contributed by atoms with E-state index in [1.165, 1.54) is 7.11 Å². The van der Waals surface area contributed by atoms with E-state index in [0.717, 1.165) is 19.5 Å². The van der Waals surface area contributed by atoms with Crippen LogP contribution in [0.3, 0.4) is 0 Å². The summed E-state index contributed by atoms with van der Waals surface area (Å²) < 4.78 is 4.70. The first-order chi connectivity index (χ1) is 5.66. The van der Waals surface area contributed by atoms with Gasteiger partial charge in [0.2, 0.25) is 0 Å². The first-order valence-electron chi connectivity index (χ1n) is 4.26. The fraction of sp³-hybridized carbons (Fsp3) is 0.875. The lowest BCUT2D eigenvalue weighted by molar-refractivity contribution is -0.148. The number of rotatable bonds is 1. The Balaban J connectivity index is 2.17. The largest absolute Gasteiger partial charge is 0.468 e. The molecule has 0 aromatic rings. The van der Waals surface area contributed by atoms with Crippen LogP contribution in [0.4, 0.5) is 0 Å². The van der Waals surface area contributed by atoms with E-state index in [1.54, 1.807) is 0 Å². The number of ether oxygens (including phenoxy) is 1. The number of esters is 1. The fourth-order valence-corrected chi connectivity index (χ4v) is 2.32. The maximum absolute atomic E-state index is 11.4. The Morgan fingerprint density at radius 2 is 2.50 bits per heavy atom. The predicted molar refractivity (Wildman–Crippen MR) is 43.5 cm³/mol. The molecule has 0 aromatic carbocycles. The van der Waals surface area contributed by atoms with E-state index in [1.807, 2.05) is 0 Å². The zero-order valence-corrected chi connectivity index (χ0v) is 7.25. The zero-order valence-electron chi connectivity index (χ0n) is 7.25. The summed E-state index contributed by atoms with van der Waals surface area (Å²) in [5, 5.41) is 0. The normalized spacial score (nSPS) is 44.8. The van der Waals surface area contributed by atoms with Crippen LogP contribution in [0.15, 0.2) is 0 Å². The molecule has 0 radical (unpaired) electrons. The van der Waals surface area contributed by atoms with Crippen molar-refractivity contribution in [2.75, 3.05) is 26.7 Å². The lowest BCUT2D eigenvalue weighted by atomic mass is 9.85. The molecule has 0 aromatic heterocycles. The average molecular weight is 170 g/mol. The Morgan fingerprint density at radius 3 is 2.92 bits per heavy atom. The van der Waals surface area contributed by atoms with Crippen LogP contribution in [0, 0.1) is 5.92 Å². The molecule has 2 saturated heterocycles. The highest BCUT2D eigenvalue weighted by molar-refractivity contribution is 5.82. The van der Waals surface area contributed by atoms with Crippen LogP contribution >= 0.6 is 0 Å². The number of nitrogens with two attached hydrogens (primary N) is 1. The van der Waals surface area contributed by atoms with Crippen molar-refractivity contribution in [3.05, 3.63) is 0 Å². The Hall–Kier alpha value is -0.610. The predicted octanol–water partition coefficient (Wildman–Crippen LogP) is -0.808. The van der Waals surface area contributed by atoms with Crippen molar-refractivity contribution in [1.82, 2.24) is 4.90 Å². The van der Waals surface area contributed by atoms with Gasteiger partial charge in [-0.25, -0.2) is 0 Å². The molecule has 4 heteroatoms. The summed E-state index contributed by atoms with van der Waals surface area (Å²) in [6.45, 7) is 2.72. The van der Waals surface area contributed by atoms with Crippen LogP contribution in [-0.4, -0.2) is 43.2 Å². The first kappa shape index (κ1) is 8.01. The van der Waals surface area contributed by atoms with Crippen molar-refractivity contribution in [3.8, 4) is 0 Å². The van der Waals surface area contributed by atoms with Gasteiger partial charge in [-0.3, -0.25) is 4.79 Å². The van der Waals surface area contributed by atoms with Crippen LogP contribution < -0.4 is 5.73 Å². The van der Waals surface area contributed by atoms with Crippen molar-refractivity contribution < 1.29 is 9.53 Å². The highest BCUT2D eigenvalue weighted by atomic mass is 16.5. The molecule has 2 heterocycles. The highest BCUT2D eigenvalue weighted by Crippen LogP contribution is 2.35. The number of hydrogen-bond acceptors (Lipinski definition) is 4. The van der Waals surface area contributed by atoms with Gasteiger partial charge in [-0.1, -0.05) is 0 Å². The Labute approximate surface area is 71.7 Å². The van der Waals surface area contributed by atoms with Crippen molar-refractivity contribution >= 4 is 5.97 Å². The van der Waals surface area contributed by atoms with Crippen LogP contribution in [0.5, 0.6) is 0 Å². The smallest absolute Gasteiger partial charge is 0.327 e. The topological polar surface area (TPSA) is 55.6 Å². The lowest BCUT2D eigenvalue weighted by Crippen LogP contribution is -2.57. The summed E-state index contributed by atoms with van der Waals surface area (Å²) in [6, 6.07) is 0. The maximum Gasteiger partial charge on any atom is 0.327 e. The van der Waals surface area contributed by atoms with Gasteiger partial charge in [0.15, 0.2) is 0 Å². The molecule has 2 rings (SSSR count). The van der Waals surface area contributed by atoms with Gasteiger partial charge >= 0.3 is 5.97 Å². The second kappa shape index (κ2) is 2.44. The molecule has 0 spiro atoms. The quantitative estimate of drug-likeness (QED) is 0.523. The van der Waals surface area contributed by atoms with Gasteiger partial charge in [0.25, 0.3) is 0 Å². The highest BCUT2D eigenvalue weighted by Gasteiger charge is 2.53. The second-order valence-electron chi connectivity index (χ2n) is 3.75. The van der Waals surface area contributed by atoms with Crippen molar-refractivity contribution in [1.29, 1.82) is 0 Å². The molecule has 2 N–H and O–H groups in total. The number of methoxy groups -OCH3 is 1. The number of carbonyl (C=O) groups excluding carboxylic acids is 1. The number of fused-ring (bicyclic) bond motifs is 2. The number of nitrogens with zero attached hydrogens (tertiary/aromatic N) is 1. The van der Waals surface area contributed by atoms with E-state index in [2.05, 4.69) is 4.90 Å². The zero-order chi connectivity index (χ0) is 8.77. The molecular formula is C8H14N2O2. The summed E-state index contributed by atoms with van der Waals surface area (Å²) >= 11 is 0. The molecule has 0 amide bonds. The number of piperidine rings is 1. The second-order valence-corrected chi connectivity index (χ2v) is 3.75. The standard InChI is InChI=1S/C8H14N2O2/c1-12-7(11)8(9)5-10-3-2-6(8)4-10/h6H,2-5,9H2,1H3/t6-,8-/m0/s1. The third-order valence-electron chi connectivity index (χ3n) is 3.05. The van der Waals surface area contributed by atoms with Crippen LogP contribution in [0.25, 0.3) is 0 Å². The third-order valence-corrected chi connectivity index (χ3v) is 3.05. The summed E-state index contributed by atoms with van der Waals surface area (Å²) in [5.41, 5.74) is 5.27. The molecule has 2 aliphatic rings. The Bertz CT molecular complexity index is 219. The summed E-state index contributed by atoms with van der Waals surface area (Å²) in [7, 11) is 1.40. The van der Waals surface area contributed by atoms with Crippen molar-refractivity contribution in [2.45, 2.75) is 12.0 Å². The van der Waals surface area contributed by atoms with E-state index >= 15 is 0 Å². The van der Waals surface area contributed by atoms with Crippen LogP contribution in [0.1, 0.15) is 6.42 Å². The van der Waals surface area contributed by atoms with E-state index in [4.69, 9.17) is 10.5 Å². The summed E-state index contributed by atoms with van der Waals surface area (Å²) in [4.78, 5) is 13.6. The molecule has 2 bridgehead atoms. The molecule has 2 aliphatic heterocycles. The van der Waals surface area contributed by atoms with Gasteiger partial charge in [0.05, 0.1) is 7.11 Å². The average Bonchev–Trinajstić information content (AvgIpc) is 2.62. The molecule has 0 aliphatic carbocycles. The van der Waals surface area contributed by atoms with Crippen LogP contribution in [-0.2, 0) is 9.53 Å². The minimum atomic E-state index is -0.715. The van der Waals surface area contributed by atoms with E-state index in [0.29, 0.717) is 12.5 Å². The molecule has 3 atom stereocenters. The molecule has 2 fully saturated rings. The molecular weight excluding hydrogens is 156 g/mol. The Morgan fingerprint density at radius 1 is 1.75 bits per heavy atom. The maximum atomic E-state index is 11.4. The van der Waals surface area contributed by atoms with Gasteiger partial charge in [0.1, 0.15) is 5.54 Å². The Kier molecular flexibility index (Phi) is 1.63. The van der Waals surface area contributed by atoms with E-state index in [-0.39, 0.29) is 5.97 Å².